The average molecular weight is 357 g/mol. The van der Waals surface area contributed by atoms with Crippen molar-refractivity contribution < 1.29 is 9.53 Å². The van der Waals surface area contributed by atoms with Gasteiger partial charge in [-0.3, -0.25) is 9.69 Å². The zero-order valence-corrected chi connectivity index (χ0v) is 14.7. The molecule has 1 saturated heterocycles. The first-order chi connectivity index (χ1) is 12.7. The molecule has 26 heavy (non-hydrogen) atoms. The number of anilines is 4. The third kappa shape index (κ3) is 5.64. The number of carbonyl (C=O) groups is 1. The molecular weight excluding hydrogens is 334 g/mol. The van der Waals surface area contributed by atoms with E-state index in [9.17, 15) is 4.79 Å². The second-order valence-corrected chi connectivity index (χ2v) is 5.93. The third-order valence-corrected chi connectivity index (χ3v) is 3.84. The summed E-state index contributed by atoms with van der Waals surface area (Å²) in [6, 6.07) is 7.33. The second-order valence-electron chi connectivity index (χ2n) is 5.93. The third-order valence-electron chi connectivity index (χ3n) is 3.84. The van der Waals surface area contributed by atoms with Gasteiger partial charge in [0.1, 0.15) is 0 Å². The maximum Gasteiger partial charge on any atom is 0.249 e. The quantitative estimate of drug-likeness (QED) is 0.681. The number of ether oxygens (including phenoxy) is 1. The molecule has 0 saturated carbocycles. The number of benzene rings is 1. The number of nitrogens with one attached hydrogen (secondary N) is 3. The molecule has 1 fully saturated rings. The van der Waals surface area contributed by atoms with Gasteiger partial charge < -0.3 is 20.7 Å². The van der Waals surface area contributed by atoms with Crippen LogP contribution in [0.15, 0.2) is 30.5 Å². The van der Waals surface area contributed by atoms with Crippen molar-refractivity contribution in [1.29, 1.82) is 0 Å². The molecule has 1 aliphatic heterocycles. The minimum Gasteiger partial charge on any atom is -0.379 e. The molecule has 1 aliphatic rings. The summed E-state index contributed by atoms with van der Waals surface area (Å²) in [6.07, 6.45) is 1.60. The van der Waals surface area contributed by atoms with Crippen molar-refractivity contribution in [1.82, 2.24) is 20.1 Å². The number of aromatic nitrogens is 3. The van der Waals surface area contributed by atoms with Crippen molar-refractivity contribution >= 4 is 29.0 Å². The van der Waals surface area contributed by atoms with Crippen molar-refractivity contribution in [2.24, 2.45) is 0 Å². The molecule has 0 aliphatic carbocycles. The van der Waals surface area contributed by atoms with Gasteiger partial charge in [-0.25, -0.2) is 0 Å². The SMILES string of the molecule is CC(=O)Nc1cccc(Nc2nncc(NCCN3CCOCC3)n2)c1. The summed E-state index contributed by atoms with van der Waals surface area (Å²) in [4.78, 5) is 17.9. The monoisotopic (exact) mass is 357 g/mol. The number of morpholine rings is 1. The van der Waals surface area contributed by atoms with Gasteiger partial charge in [0.2, 0.25) is 11.9 Å². The van der Waals surface area contributed by atoms with Gasteiger partial charge in [-0.05, 0) is 18.2 Å². The first-order valence-corrected chi connectivity index (χ1v) is 8.57. The Kier molecular flexibility index (Phi) is 6.29. The first kappa shape index (κ1) is 18.0. The van der Waals surface area contributed by atoms with Gasteiger partial charge in [-0.15, -0.1) is 5.10 Å². The van der Waals surface area contributed by atoms with Crippen LogP contribution in [-0.2, 0) is 9.53 Å². The van der Waals surface area contributed by atoms with E-state index in [2.05, 4.69) is 36.0 Å². The fourth-order valence-electron chi connectivity index (χ4n) is 2.62. The van der Waals surface area contributed by atoms with Gasteiger partial charge in [0.05, 0.1) is 19.4 Å². The Morgan fingerprint density at radius 2 is 2.08 bits per heavy atom. The Morgan fingerprint density at radius 3 is 2.88 bits per heavy atom. The standard InChI is InChI=1S/C17H23N7O2/c1-13(25)20-14-3-2-4-15(11-14)21-17-22-16(12-19-23-17)18-5-6-24-7-9-26-10-8-24/h2-4,11-12H,5-10H2,1H3,(H,20,25)(H2,18,21,22,23). The predicted molar refractivity (Wildman–Crippen MR) is 99.6 cm³/mol. The number of hydrogen-bond donors (Lipinski definition) is 3. The lowest BCUT2D eigenvalue weighted by molar-refractivity contribution is -0.114. The Labute approximate surface area is 152 Å². The highest BCUT2D eigenvalue weighted by atomic mass is 16.5. The van der Waals surface area contributed by atoms with E-state index in [1.54, 1.807) is 6.20 Å². The fourth-order valence-corrected chi connectivity index (χ4v) is 2.62. The molecule has 0 atom stereocenters. The van der Waals surface area contributed by atoms with Crippen LogP contribution in [0.3, 0.4) is 0 Å². The van der Waals surface area contributed by atoms with Gasteiger partial charge in [0, 0.05) is 44.5 Å². The Balaban J connectivity index is 1.54. The average Bonchev–Trinajstić information content (AvgIpc) is 2.63. The molecule has 1 aromatic carbocycles. The summed E-state index contributed by atoms with van der Waals surface area (Å²) in [5.74, 6) is 0.932. The Morgan fingerprint density at radius 1 is 1.27 bits per heavy atom. The van der Waals surface area contributed by atoms with Crippen molar-refractivity contribution in [2.75, 3.05) is 55.3 Å². The Hall–Kier alpha value is -2.78. The van der Waals surface area contributed by atoms with E-state index in [0.717, 1.165) is 45.1 Å². The van der Waals surface area contributed by atoms with Crippen LogP contribution in [-0.4, -0.2) is 65.4 Å². The van der Waals surface area contributed by atoms with Gasteiger partial charge in [-0.1, -0.05) is 6.07 Å². The molecule has 3 rings (SSSR count). The van der Waals surface area contributed by atoms with Crippen molar-refractivity contribution in [3.63, 3.8) is 0 Å². The molecule has 138 valence electrons. The van der Waals surface area contributed by atoms with Crippen molar-refractivity contribution in [3.05, 3.63) is 30.5 Å². The lowest BCUT2D eigenvalue weighted by Gasteiger charge is -2.26. The number of rotatable bonds is 7. The van der Waals surface area contributed by atoms with Crippen molar-refractivity contribution in [2.45, 2.75) is 6.92 Å². The van der Waals surface area contributed by atoms with E-state index in [-0.39, 0.29) is 5.91 Å². The summed E-state index contributed by atoms with van der Waals surface area (Å²) in [6.45, 7) is 6.67. The molecule has 0 unspecified atom stereocenters. The highest BCUT2D eigenvalue weighted by molar-refractivity contribution is 5.89. The van der Waals surface area contributed by atoms with E-state index in [4.69, 9.17) is 4.74 Å². The summed E-state index contributed by atoms with van der Waals surface area (Å²) >= 11 is 0. The minimum atomic E-state index is -0.119. The van der Waals surface area contributed by atoms with Gasteiger partial charge in [-0.2, -0.15) is 10.1 Å². The zero-order valence-electron chi connectivity index (χ0n) is 14.7. The van der Waals surface area contributed by atoms with E-state index >= 15 is 0 Å². The predicted octanol–water partition coefficient (Wildman–Crippen LogP) is 1.32. The molecule has 9 nitrogen and oxygen atoms in total. The lowest BCUT2D eigenvalue weighted by Crippen LogP contribution is -2.39. The van der Waals surface area contributed by atoms with Crippen LogP contribution < -0.4 is 16.0 Å². The van der Waals surface area contributed by atoms with Gasteiger partial charge in [0.25, 0.3) is 0 Å². The summed E-state index contributed by atoms with van der Waals surface area (Å²) in [5.41, 5.74) is 1.47. The van der Waals surface area contributed by atoms with Gasteiger partial charge >= 0.3 is 0 Å². The first-order valence-electron chi connectivity index (χ1n) is 8.57. The summed E-state index contributed by atoms with van der Waals surface area (Å²) < 4.78 is 5.34. The Bertz CT molecular complexity index is 735. The van der Waals surface area contributed by atoms with E-state index in [1.165, 1.54) is 6.92 Å². The molecule has 0 bridgehead atoms. The zero-order chi connectivity index (χ0) is 18.2. The number of carbonyl (C=O) groups excluding carboxylic acids is 1. The van der Waals surface area contributed by atoms with Crippen LogP contribution in [0.1, 0.15) is 6.92 Å². The number of hydrogen-bond acceptors (Lipinski definition) is 8. The molecule has 1 aromatic heterocycles. The van der Waals surface area contributed by atoms with Crippen LogP contribution in [0, 0.1) is 0 Å². The molecule has 1 amide bonds. The van der Waals surface area contributed by atoms with Crippen LogP contribution in [0.25, 0.3) is 0 Å². The number of amides is 1. The molecular formula is C17H23N7O2. The van der Waals surface area contributed by atoms with Crippen LogP contribution in [0.2, 0.25) is 0 Å². The highest BCUT2D eigenvalue weighted by Gasteiger charge is 2.09. The molecule has 0 spiro atoms. The van der Waals surface area contributed by atoms with E-state index in [1.807, 2.05) is 24.3 Å². The van der Waals surface area contributed by atoms with Crippen LogP contribution in [0.5, 0.6) is 0 Å². The second kappa shape index (κ2) is 9.07. The molecule has 0 radical (unpaired) electrons. The largest absolute Gasteiger partial charge is 0.379 e. The van der Waals surface area contributed by atoms with E-state index < -0.39 is 0 Å². The smallest absolute Gasteiger partial charge is 0.249 e. The van der Waals surface area contributed by atoms with Crippen LogP contribution >= 0.6 is 0 Å². The fraction of sp³-hybridized carbons (Fsp3) is 0.412. The summed E-state index contributed by atoms with van der Waals surface area (Å²) in [7, 11) is 0. The van der Waals surface area contributed by atoms with Gasteiger partial charge in [0.15, 0.2) is 5.82 Å². The summed E-state index contributed by atoms with van der Waals surface area (Å²) in [5, 5.41) is 17.1. The number of nitrogens with zero attached hydrogens (tertiary/aromatic N) is 4. The van der Waals surface area contributed by atoms with E-state index in [0.29, 0.717) is 17.5 Å². The maximum absolute atomic E-state index is 11.2. The van der Waals surface area contributed by atoms with Crippen molar-refractivity contribution in [3.8, 4) is 0 Å². The molecule has 2 aromatic rings. The maximum atomic E-state index is 11.2. The normalized spacial score (nSPS) is 14.7. The highest BCUT2D eigenvalue weighted by Crippen LogP contribution is 2.18. The molecule has 9 heteroatoms. The topological polar surface area (TPSA) is 104 Å². The molecule has 2 heterocycles. The van der Waals surface area contributed by atoms with Crippen LogP contribution in [0.4, 0.5) is 23.1 Å². The molecule has 3 N–H and O–H groups in total. The minimum absolute atomic E-state index is 0.119. The lowest BCUT2D eigenvalue weighted by atomic mass is 10.3.